The quantitative estimate of drug-likeness (QED) is 0.442. The predicted molar refractivity (Wildman–Crippen MR) is 126 cm³/mol. The maximum Gasteiger partial charge on any atom is 0.414 e. The van der Waals surface area contributed by atoms with E-state index in [0.717, 1.165) is 32.5 Å². The van der Waals surface area contributed by atoms with Gasteiger partial charge in [0.15, 0.2) is 0 Å². The normalized spacial score (nSPS) is 14.4. The van der Waals surface area contributed by atoms with Crippen molar-refractivity contribution in [3.05, 3.63) is 71.8 Å². The van der Waals surface area contributed by atoms with E-state index in [1.807, 2.05) is 26.0 Å². The van der Waals surface area contributed by atoms with Crippen LogP contribution in [-0.2, 0) is 23.9 Å². The summed E-state index contributed by atoms with van der Waals surface area (Å²) in [5.74, 6) is -3.76. The number of ether oxygens (including phenoxy) is 2. The van der Waals surface area contributed by atoms with Crippen LogP contribution in [0.2, 0.25) is 0 Å². The van der Waals surface area contributed by atoms with Gasteiger partial charge in [-0.15, -0.1) is 0 Å². The highest BCUT2D eigenvalue weighted by atomic mass is 16.5. The smallest absolute Gasteiger partial charge is 0.414 e. The average molecular weight is 472 g/mol. The second-order valence-electron chi connectivity index (χ2n) is 8.28. The zero-order valence-corrected chi connectivity index (χ0v) is 19.6. The first-order valence-corrected chi connectivity index (χ1v) is 11.4. The third kappa shape index (κ3) is 9.72. The van der Waals surface area contributed by atoms with Gasteiger partial charge in [0, 0.05) is 19.6 Å². The van der Waals surface area contributed by atoms with Gasteiger partial charge in [0.25, 0.3) is 0 Å². The highest BCUT2D eigenvalue weighted by Gasteiger charge is 2.25. The molecule has 34 heavy (non-hydrogen) atoms. The van der Waals surface area contributed by atoms with Crippen LogP contribution in [-0.4, -0.2) is 64.9 Å². The molecule has 8 heteroatoms. The summed E-state index contributed by atoms with van der Waals surface area (Å²) in [6.45, 7) is 6.44. The van der Waals surface area contributed by atoms with Crippen LogP contribution >= 0.6 is 0 Å². The summed E-state index contributed by atoms with van der Waals surface area (Å²) < 4.78 is 11.8. The number of piperidine rings is 1. The monoisotopic (exact) mass is 471 g/mol. The van der Waals surface area contributed by atoms with Crippen LogP contribution in [0.1, 0.15) is 50.3 Å². The third-order valence-electron chi connectivity index (χ3n) is 5.25. The molecule has 1 heterocycles. The first-order valence-electron chi connectivity index (χ1n) is 11.4. The Hall–Kier alpha value is -3.23. The Bertz CT molecular complexity index is 842. The van der Waals surface area contributed by atoms with Gasteiger partial charge in [0.05, 0.1) is 18.6 Å². The summed E-state index contributed by atoms with van der Waals surface area (Å²) in [6.07, 6.45) is 2.56. The molecule has 2 aromatic carbocycles. The Morgan fingerprint density at radius 1 is 0.882 bits per heavy atom. The number of carboxylic acid groups (broad SMARTS) is 2. The Labute approximate surface area is 200 Å². The molecule has 0 amide bonds. The second kappa shape index (κ2) is 14.1. The number of likely N-dealkylation sites (tertiary alicyclic amines) is 1. The Morgan fingerprint density at radius 2 is 1.35 bits per heavy atom. The lowest BCUT2D eigenvalue weighted by atomic mass is 10.00. The summed E-state index contributed by atoms with van der Waals surface area (Å²) >= 11 is 0. The van der Waals surface area contributed by atoms with Crippen molar-refractivity contribution in [1.82, 2.24) is 4.90 Å². The van der Waals surface area contributed by atoms with Crippen LogP contribution in [0.5, 0.6) is 0 Å². The van der Waals surface area contributed by atoms with Gasteiger partial charge in [-0.05, 0) is 37.8 Å². The molecule has 3 rings (SSSR count). The van der Waals surface area contributed by atoms with Crippen LogP contribution in [0.25, 0.3) is 0 Å². The number of carbonyl (C=O) groups is 3. The number of esters is 1. The van der Waals surface area contributed by atoms with Crippen LogP contribution in [0, 0.1) is 0 Å². The van der Waals surface area contributed by atoms with Gasteiger partial charge in [-0.2, -0.15) is 0 Å². The molecule has 2 aromatic rings. The summed E-state index contributed by atoms with van der Waals surface area (Å²) in [6, 6.07) is 20.9. The number of rotatable bonds is 8. The summed E-state index contributed by atoms with van der Waals surface area (Å²) in [4.78, 5) is 32.3. The fourth-order valence-corrected chi connectivity index (χ4v) is 3.64. The number of hydrogen-bond donors (Lipinski definition) is 2. The number of benzene rings is 2. The van der Waals surface area contributed by atoms with Crippen molar-refractivity contribution in [2.24, 2.45) is 0 Å². The molecule has 2 N–H and O–H groups in total. The molecule has 0 spiro atoms. The lowest BCUT2D eigenvalue weighted by Gasteiger charge is -2.34. The van der Waals surface area contributed by atoms with Gasteiger partial charge < -0.3 is 24.6 Å². The second-order valence-corrected chi connectivity index (χ2v) is 8.28. The van der Waals surface area contributed by atoms with Gasteiger partial charge in [-0.25, -0.2) is 9.59 Å². The fourth-order valence-electron chi connectivity index (χ4n) is 3.64. The zero-order valence-electron chi connectivity index (χ0n) is 19.6. The molecule has 1 aliphatic rings. The predicted octanol–water partition coefficient (Wildman–Crippen LogP) is 3.75. The largest absolute Gasteiger partial charge is 0.473 e. The van der Waals surface area contributed by atoms with Crippen LogP contribution in [0.3, 0.4) is 0 Å². The Kier molecular flexibility index (Phi) is 11.2. The van der Waals surface area contributed by atoms with Crippen molar-refractivity contribution in [2.75, 3.05) is 19.6 Å². The van der Waals surface area contributed by atoms with E-state index in [2.05, 4.69) is 53.4 Å². The van der Waals surface area contributed by atoms with Crippen molar-refractivity contribution in [1.29, 1.82) is 0 Å². The minimum absolute atomic E-state index is 0.0417. The molecule has 0 unspecified atom stereocenters. The summed E-state index contributed by atoms with van der Waals surface area (Å²) in [5, 5.41) is 14.8. The van der Waals surface area contributed by atoms with E-state index in [1.54, 1.807) is 0 Å². The van der Waals surface area contributed by atoms with Crippen molar-refractivity contribution in [3.63, 3.8) is 0 Å². The average Bonchev–Trinajstić information content (AvgIpc) is 2.83. The zero-order chi connectivity index (χ0) is 24.9. The first-order chi connectivity index (χ1) is 16.3. The fraction of sp³-hybridized carbons (Fsp3) is 0.423. The van der Waals surface area contributed by atoms with Crippen LogP contribution in [0.4, 0.5) is 0 Å². The minimum Gasteiger partial charge on any atom is -0.473 e. The van der Waals surface area contributed by atoms with Gasteiger partial charge in [0.1, 0.15) is 6.10 Å². The molecule has 0 aliphatic carbocycles. The minimum atomic E-state index is -1.82. The number of carboxylic acids is 2. The Balaban J connectivity index is 0.000000604. The summed E-state index contributed by atoms with van der Waals surface area (Å²) in [7, 11) is 0. The van der Waals surface area contributed by atoms with Gasteiger partial charge in [-0.1, -0.05) is 60.7 Å². The molecule has 0 saturated carbocycles. The maximum absolute atomic E-state index is 11.7. The van der Waals surface area contributed by atoms with Gasteiger partial charge in [-0.3, -0.25) is 4.79 Å². The van der Waals surface area contributed by atoms with Crippen molar-refractivity contribution < 1.29 is 34.1 Å². The maximum atomic E-state index is 11.7. The van der Waals surface area contributed by atoms with E-state index >= 15 is 0 Å². The molecule has 1 saturated heterocycles. The highest BCUT2D eigenvalue weighted by Crippen LogP contribution is 2.29. The number of aliphatic carboxylic acids is 2. The molecular weight excluding hydrogens is 438 g/mol. The number of carbonyl (C=O) groups excluding carboxylic acids is 1. The van der Waals surface area contributed by atoms with Gasteiger partial charge >= 0.3 is 17.9 Å². The molecule has 0 aromatic heterocycles. The van der Waals surface area contributed by atoms with Crippen molar-refractivity contribution in [2.45, 2.75) is 51.4 Å². The highest BCUT2D eigenvalue weighted by molar-refractivity contribution is 6.27. The standard InChI is InChI=1S/C24H31NO3.C2H2O4/c1-19(2)27-23(26)15-18-25-16-13-22(14-17-25)28-24(20-9-5-3-6-10-20)21-11-7-4-8-12-21;3-1(4)2(5)6/h3-12,19,22,24H,13-18H2,1-2H3;(H,3,4)(H,5,6). The number of nitrogens with zero attached hydrogens (tertiary/aromatic N) is 1. The Morgan fingerprint density at radius 3 is 1.76 bits per heavy atom. The number of hydrogen-bond acceptors (Lipinski definition) is 6. The summed E-state index contributed by atoms with van der Waals surface area (Å²) in [5.41, 5.74) is 2.38. The van der Waals surface area contributed by atoms with E-state index in [0.29, 0.717) is 6.42 Å². The lowest BCUT2D eigenvalue weighted by Crippen LogP contribution is -2.38. The van der Waals surface area contributed by atoms with E-state index in [9.17, 15) is 4.79 Å². The van der Waals surface area contributed by atoms with E-state index in [-0.39, 0.29) is 24.3 Å². The molecule has 184 valence electrons. The van der Waals surface area contributed by atoms with Gasteiger partial charge in [0.2, 0.25) is 0 Å². The van der Waals surface area contributed by atoms with E-state index < -0.39 is 11.9 Å². The van der Waals surface area contributed by atoms with E-state index in [1.165, 1.54) is 11.1 Å². The topological polar surface area (TPSA) is 113 Å². The van der Waals surface area contributed by atoms with Crippen LogP contribution < -0.4 is 0 Å². The van der Waals surface area contributed by atoms with Crippen molar-refractivity contribution in [3.8, 4) is 0 Å². The molecule has 1 fully saturated rings. The molecule has 8 nitrogen and oxygen atoms in total. The third-order valence-corrected chi connectivity index (χ3v) is 5.25. The van der Waals surface area contributed by atoms with E-state index in [4.69, 9.17) is 29.3 Å². The lowest BCUT2D eigenvalue weighted by molar-refractivity contribution is -0.159. The molecule has 0 bridgehead atoms. The first kappa shape index (κ1) is 27.0. The molecule has 1 aliphatic heterocycles. The molecular formula is C26H33NO7. The SMILES string of the molecule is CC(C)OC(=O)CCN1CCC(OC(c2ccccc2)c2ccccc2)CC1.O=C(O)C(=O)O. The molecule has 0 atom stereocenters. The van der Waals surface area contributed by atoms with Crippen LogP contribution in [0.15, 0.2) is 60.7 Å². The molecule has 0 radical (unpaired) electrons. The van der Waals surface area contributed by atoms with Crippen molar-refractivity contribution >= 4 is 17.9 Å².